The Hall–Kier alpha value is -2.87. The summed E-state index contributed by atoms with van der Waals surface area (Å²) in [6.07, 6.45) is 0.834. The molecule has 0 aliphatic rings. The van der Waals surface area contributed by atoms with Gasteiger partial charge in [0.05, 0.1) is 0 Å². The second-order valence-electron chi connectivity index (χ2n) is 6.39. The summed E-state index contributed by atoms with van der Waals surface area (Å²) in [5, 5.41) is 0. The molecule has 0 amide bonds. The van der Waals surface area contributed by atoms with E-state index in [0.717, 1.165) is 17.6 Å². The first-order chi connectivity index (χ1) is 12.1. The molecule has 3 rings (SSSR count). The first-order valence-corrected chi connectivity index (χ1v) is 8.42. The minimum Gasteiger partial charge on any atom is -0.489 e. The van der Waals surface area contributed by atoms with E-state index in [1.807, 2.05) is 12.1 Å². The fourth-order valence-corrected chi connectivity index (χ4v) is 3.08. The Morgan fingerprint density at radius 3 is 2.16 bits per heavy atom. The number of hydrogen-bond acceptors (Lipinski definition) is 2. The maximum absolute atomic E-state index is 10.7. The molecule has 0 spiro atoms. The van der Waals surface area contributed by atoms with E-state index in [1.165, 1.54) is 27.8 Å². The highest BCUT2D eigenvalue weighted by molar-refractivity contribution is 5.75. The predicted molar refractivity (Wildman–Crippen MR) is 102 cm³/mol. The minimum atomic E-state index is 0.499. The summed E-state index contributed by atoms with van der Waals surface area (Å²) >= 11 is 0. The molecule has 3 aromatic carbocycles. The molecule has 0 heterocycles. The predicted octanol–water partition coefficient (Wildman–Crippen LogP) is 5.67. The van der Waals surface area contributed by atoms with Gasteiger partial charge < -0.3 is 4.74 Å². The van der Waals surface area contributed by atoms with Crippen LogP contribution >= 0.6 is 0 Å². The smallest absolute Gasteiger partial charge is 0.150 e. The molecule has 2 heteroatoms. The van der Waals surface area contributed by atoms with E-state index in [4.69, 9.17) is 4.74 Å². The number of ether oxygens (including phenoxy) is 1. The van der Waals surface area contributed by atoms with Gasteiger partial charge in [-0.05, 0) is 84.5 Å². The lowest BCUT2D eigenvalue weighted by molar-refractivity contribution is 0.112. The number of rotatable bonds is 5. The maximum atomic E-state index is 10.7. The van der Waals surface area contributed by atoms with Gasteiger partial charge in [0.25, 0.3) is 0 Å². The Kier molecular flexibility index (Phi) is 4.99. The molecule has 126 valence electrons. The van der Waals surface area contributed by atoms with E-state index in [9.17, 15) is 4.79 Å². The van der Waals surface area contributed by atoms with Crippen LogP contribution in [0.25, 0.3) is 11.1 Å². The summed E-state index contributed by atoms with van der Waals surface area (Å²) in [4.78, 5) is 10.7. The van der Waals surface area contributed by atoms with Crippen LogP contribution in [-0.2, 0) is 6.61 Å². The highest BCUT2D eigenvalue weighted by Crippen LogP contribution is 2.31. The highest BCUT2D eigenvalue weighted by atomic mass is 16.5. The Balaban J connectivity index is 1.85. The van der Waals surface area contributed by atoms with Gasteiger partial charge in [-0.1, -0.05) is 30.3 Å². The van der Waals surface area contributed by atoms with Crippen LogP contribution in [0.2, 0.25) is 0 Å². The maximum Gasteiger partial charge on any atom is 0.150 e. The third-order valence-electron chi connectivity index (χ3n) is 4.47. The summed E-state index contributed by atoms with van der Waals surface area (Å²) in [5.74, 6) is 0.764. The van der Waals surface area contributed by atoms with Crippen molar-refractivity contribution < 1.29 is 9.53 Å². The molecule has 0 unspecified atom stereocenters. The van der Waals surface area contributed by atoms with E-state index in [2.05, 4.69) is 57.2 Å². The molecule has 0 aliphatic carbocycles. The number of carbonyl (C=O) groups excluding carboxylic acids is 1. The van der Waals surface area contributed by atoms with Crippen LogP contribution < -0.4 is 4.74 Å². The second kappa shape index (κ2) is 7.35. The van der Waals surface area contributed by atoms with Crippen molar-refractivity contribution in [3.05, 3.63) is 88.5 Å². The van der Waals surface area contributed by atoms with Gasteiger partial charge in [0, 0.05) is 5.56 Å². The fraction of sp³-hybridized carbons (Fsp3) is 0.174. The van der Waals surface area contributed by atoms with Crippen molar-refractivity contribution in [2.45, 2.75) is 27.4 Å². The van der Waals surface area contributed by atoms with Gasteiger partial charge in [-0.2, -0.15) is 0 Å². The van der Waals surface area contributed by atoms with Crippen LogP contribution in [0.15, 0.2) is 60.7 Å². The molecule has 25 heavy (non-hydrogen) atoms. The van der Waals surface area contributed by atoms with Gasteiger partial charge in [0.2, 0.25) is 0 Å². The molecule has 0 saturated heterocycles. The molecule has 0 aromatic heterocycles. The SMILES string of the molecule is Cc1ccc(COc2ccc(C=O)cc2)cc1-c1c(C)cccc1C. The number of hydrogen-bond donors (Lipinski definition) is 0. The summed E-state index contributed by atoms with van der Waals surface area (Å²) in [5.41, 5.74) is 8.17. The van der Waals surface area contributed by atoms with Crippen molar-refractivity contribution >= 4 is 6.29 Å². The standard InChI is InChI=1S/C23H22O2/c1-16-7-8-20(15-25-21-11-9-19(14-24)10-12-21)13-22(16)23-17(2)5-4-6-18(23)3/h4-14H,15H2,1-3H3. The number of benzene rings is 3. The highest BCUT2D eigenvalue weighted by Gasteiger charge is 2.09. The van der Waals surface area contributed by atoms with Crippen LogP contribution in [0, 0.1) is 20.8 Å². The number of aryl methyl sites for hydroxylation is 3. The molecule has 0 bridgehead atoms. The van der Waals surface area contributed by atoms with Gasteiger partial charge >= 0.3 is 0 Å². The van der Waals surface area contributed by atoms with Gasteiger partial charge in [-0.3, -0.25) is 4.79 Å². The van der Waals surface area contributed by atoms with Crippen molar-refractivity contribution in [1.82, 2.24) is 0 Å². The van der Waals surface area contributed by atoms with E-state index in [0.29, 0.717) is 12.2 Å². The van der Waals surface area contributed by atoms with E-state index in [-0.39, 0.29) is 0 Å². The molecule has 3 aromatic rings. The third-order valence-corrected chi connectivity index (χ3v) is 4.47. The Bertz CT molecular complexity index is 872. The van der Waals surface area contributed by atoms with Gasteiger partial charge in [-0.15, -0.1) is 0 Å². The first-order valence-electron chi connectivity index (χ1n) is 8.42. The topological polar surface area (TPSA) is 26.3 Å². The lowest BCUT2D eigenvalue weighted by atomic mass is 9.91. The zero-order chi connectivity index (χ0) is 17.8. The molecule has 0 saturated carbocycles. The lowest BCUT2D eigenvalue weighted by Gasteiger charge is -2.15. The molecule has 0 atom stereocenters. The molecule has 2 nitrogen and oxygen atoms in total. The van der Waals surface area contributed by atoms with Crippen molar-refractivity contribution in [2.75, 3.05) is 0 Å². The van der Waals surface area contributed by atoms with Crippen LogP contribution in [0.3, 0.4) is 0 Å². The van der Waals surface area contributed by atoms with Gasteiger partial charge in [-0.25, -0.2) is 0 Å². The summed E-state index contributed by atoms with van der Waals surface area (Å²) in [7, 11) is 0. The third kappa shape index (κ3) is 3.80. The summed E-state index contributed by atoms with van der Waals surface area (Å²) in [6, 6.07) is 20.0. The van der Waals surface area contributed by atoms with Crippen molar-refractivity contribution in [2.24, 2.45) is 0 Å². The molecule has 0 aliphatic heterocycles. The van der Waals surface area contributed by atoms with E-state index in [1.54, 1.807) is 12.1 Å². The molecule has 0 fully saturated rings. The normalized spacial score (nSPS) is 10.5. The first kappa shape index (κ1) is 17.0. The van der Waals surface area contributed by atoms with E-state index < -0.39 is 0 Å². The Labute approximate surface area is 149 Å². The largest absolute Gasteiger partial charge is 0.489 e. The van der Waals surface area contributed by atoms with Gasteiger partial charge in [0.1, 0.15) is 18.6 Å². The Morgan fingerprint density at radius 1 is 0.840 bits per heavy atom. The zero-order valence-electron chi connectivity index (χ0n) is 14.9. The average Bonchev–Trinajstić information content (AvgIpc) is 2.62. The summed E-state index contributed by atoms with van der Waals surface area (Å²) < 4.78 is 5.87. The quantitative estimate of drug-likeness (QED) is 0.563. The van der Waals surface area contributed by atoms with Crippen LogP contribution in [0.1, 0.15) is 32.6 Å². The van der Waals surface area contributed by atoms with E-state index >= 15 is 0 Å². The number of aldehydes is 1. The van der Waals surface area contributed by atoms with Crippen LogP contribution in [0.5, 0.6) is 5.75 Å². The minimum absolute atomic E-state index is 0.499. The Morgan fingerprint density at radius 2 is 1.52 bits per heavy atom. The molecular weight excluding hydrogens is 308 g/mol. The number of carbonyl (C=O) groups is 1. The van der Waals surface area contributed by atoms with Crippen molar-refractivity contribution in [3.8, 4) is 16.9 Å². The zero-order valence-corrected chi connectivity index (χ0v) is 14.9. The fourth-order valence-electron chi connectivity index (χ4n) is 3.08. The van der Waals surface area contributed by atoms with Crippen molar-refractivity contribution in [3.63, 3.8) is 0 Å². The van der Waals surface area contributed by atoms with Gasteiger partial charge in [0.15, 0.2) is 0 Å². The molecular formula is C23H22O2. The lowest BCUT2D eigenvalue weighted by Crippen LogP contribution is -1.98. The van der Waals surface area contributed by atoms with Crippen molar-refractivity contribution in [1.29, 1.82) is 0 Å². The van der Waals surface area contributed by atoms with Crippen LogP contribution in [0.4, 0.5) is 0 Å². The molecule has 0 radical (unpaired) electrons. The van der Waals surface area contributed by atoms with Crippen LogP contribution in [-0.4, -0.2) is 6.29 Å². The molecule has 0 N–H and O–H groups in total. The second-order valence-corrected chi connectivity index (χ2v) is 6.39. The monoisotopic (exact) mass is 330 g/mol. The summed E-state index contributed by atoms with van der Waals surface area (Å²) in [6.45, 7) is 6.95. The average molecular weight is 330 g/mol.